The van der Waals surface area contributed by atoms with Crippen molar-refractivity contribution in [2.75, 3.05) is 10.2 Å². The summed E-state index contributed by atoms with van der Waals surface area (Å²) in [6, 6.07) is 6.25. The Balaban J connectivity index is 1.65. The van der Waals surface area contributed by atoms with Crippen molar-refractivity contribution in [1.82, 2.24) is 10.2 Å². The molecule has 1 heterocycles. The van der Waals surface area contributed by atoms with E-state index in [1.165, 1.54) is 23.1 Å². The summed E-state index contributed by atoms with van der Waals surface area (Å²) in [4.78, 5) is 26.5. The summed E-state index contributed by atoms with van der Waals surface area (Å²) in [7, 11) is 0. The fourth-order valence-corrected chi connectivity index (χ4v) is 4.70. The van der Waals surface area contributed by atoms with Gasteiger partial charge in [-0.1, -0.05) is 42.2 Å². The SMILES string of the molecule is CCC(=O)N(c1nnc(S[C@@H](C)C(=O)Nc2cc(C)ccc2C)s1)C1CC1. The van der Waals surface area contributed by atoms with Crippen molar-refractivity contribution < 1.29 is 9.59 Å². The Morgan fingerprint density at radius 3 is 2.74 bits per heavy atom. The van der Waals surface area contributed by atoms with Gasteiger partial charge < -0.3 is 5.32 Å². The Morgan fingerprint density at radius 1 is 1.33 bits per heavy atom. The third-order valence-electron chi connectivity index (χ3n) is 4.38. The number of rotatable bonds is 7. The second-order valence-electron chi connectivity index (χ2n) is 6.77. The number of anilines is 2. The number of aromatic nitrogens is 2. The van der Waals surface area contributed by atoms with Crippen molar-refractivity contribution in [3.8, 4) is 0 Å². The highest BCUT2D eigenvalue weighted by atomic mass is 32.2. The Kier molecular flexibility index (Phi) is 6.16. The van der Waals surface area contributed by atoms with Crippen molar-refractivity contribution in [3.05, 3.63) is 29.3 Å². The molecule has 1 saturated carbocycles. The smallest absolute Gasteiger partial charge is 0.237 e. The molecule has 0 bridgehead atoms. The molecule has 1 aromatic carbocycles. The van der Waals surface area contributed by atoms with E-state index in [-0.39, 0.29) is 23.1 Å². The van der Waals surface area contributed by atoms with Crippen LogP contribution in [0.5, 0.6) is 0 Å². The van der Waals surface area contributed by atoms with Gasteiger partial charge in [0.25, 0.3) is 0 Å². The Morgan fingerprint density at radius 2 is 2.07 bits per heavy atom. The fourth-order valence-electron chi connectivity index (χ4n) is 2.63. The first-order valence-corrected chi connectivity index (χ1v) is 10.8. The van der Waals surface area contributed by atoms with Crippen LogP contribution in [0.25, 0.3) is 0 Å². The summed E-state index contributed by atoms with van der Waals surface area (Å²) >= 11 is 2.74. The van der Waals surface area contributed by atoms with Crippen LogP contribution in [0, 0.1) is 13.8 Å². The molecule has 1 atom stereocenters. The van der Waals surface area contributed by atoms with Gasteiger partial charge >= 0.3 is 0 Å². The van der Waals surface area contributed by atoms with Gasteiger partial charge in [-0.15, -0.1) is 10.2 Å². The largest absolute Gasteiger partial charge is 0.325 e. The van der Waals surface area contributed by atoms with Crippen LogP contribution in [0.2, 0.25) is 0 Å². The first-order valence-electron chi connectivity index (χ1n) is 9.09. The lowest BCUT2D eigenvalue weighted by atomic mass is 10.1. The molecule has 1 aliphatic carbocycles. The number of carbonyl (C=O) groups excluding carboxylic acids is 2. The van der Waals surface area contributed by atoms with E-state index in [0.717, 1.165) is 29.7 Å². The van der Waals surface area contributed by atoms with Crippen molar-refractivity contribution in [2.45, 2.75) is 62.6 Å². The van der Waals surface area contributed by atoms with E-state index in [1.807, 2.05) is 45.9 Å². The zero-order valence-corrected chi connectivity index (χ0v) is 17.6. The van der Waals surface area contributed by atoms with Gasteiger partial charge in [-0.05, 0) is 50.8 Å². The fraction of sp³-hybridized carbons (Fsp3) is 0.474. The molecule has 6 nitrogen and oxygen atoms in total. The Bertz CT molecular complexity index is 848. The number of benzene rings is 1. The van der Waals surface area contributed by atoms with E-state index in [9.17, 15) is 9.59 Å². The van der Waals surface area contributed by atoms with Crippen LogP contribution in [0.4, 0.5) is 10.8 Å². The van der Waals surface area contributed by atoms with E-state index >= 15 is 0 Å². The minimum atomic E-state index is -0.318. The number of aryl methyl sites for hydroxylation is 2. The van der Waals surface area contributed by atoms with Gasteiger partial charge in [-0.25, -0.2) is 0 Å². The summed E-state index contributed by atoms with van der Waals surface area (Å²) in [5.74, 6) is 0.0000442. The molecule has 2 amide bonds. The second-order valence-corrected chi connectivity index (χ2v) is 9.31. The molecule has 1 aliphatic rings. The summed E-state index contributed by atoms with van der Waals surface area (Å²) in [6.07, 6.45) is 2.48. The van der Waals surface area contributed by atoms with Crippen molar-refractivity contribution in [1.29, 1.82) is 0 Å². The zero-order chi connectivity index (χ0) is 19.6. The van der Waals surface area contributed by atoms with Gasteiger partial charge in [0.2, 0.25) is 16.9 Å². The van der Waals surface area contributed by atoms with Gasteiger partial charge in [0, 0.05) is 18.2 Å². The molecule has 3 rings (SSSR count). The number of thioether (sulfide) groups is 1. The van der Waals surface area contributed by atoms with E-state index < -0.39 is 0 Å². The molecule has 0 radical (unpaired) electrons. The van der Waals surface area contributed by atoms with Crippen LogP contribution in [0.3, 0.4) is 0 Å². The second kappa shape index (κ2) is 8.39. The first-order chi connectivity index (χ1) is 12.9. The summed E-state index contributed by atoms with van der Waals surface area (Å²) in [6.45, 7) is 7.68. The summed E-state index contributed by atoms with van der Waals surface area (Å²) in [5, 5.41) is 11.7. The van der Waals surface area contributed by atoms with Gasteiger partial charge in [0.15, 0.2) is 4.34 Å². The molecule has 0 spiro atoms. The van der Waals surface area contributed by atoms with Crippen molar-refractivity contribution >= 4 is 45.7 Å². The lowest BCUT2D eigenvalue weighted by Gasteiger charge is -2.17. The molecule has 1 aromatic heterocycles. The van der Waals surface area contributed by atoms with Gasteiger partial charge in [-0.3, -0.25) is 14.5 Å². The normalized spacial score (nSPS) is 14.7. The molecule has 144 valence electrons. The molecule has 1 N–H and O–H groups in total. The first kappa shape index (κ1) is 19.8. The van der Waals surface area contributed by atoms with E-state index in [2.05, 4.69) is 15.5 Å². The molecule has 0 aliphatic heterocycles. The maximum absolute atomic E-state index is 12.6. The topological polar surface area (TPSA) is 75.2 Å². The van der Waals surface area contributed by atoms with Crippen LogP contribution in [0.1, 0.15) is 44.2 Å². The third-order valence-corrected chi connectivity index (χ3v) is 6.49. The molecule has 27 heavy (non-hydrogen) atoms. The number of hydrogen-bond acceptors (Lipinski definition) is 6. The maximum atomic E-state index is 12.6. The molecule has 8 heteroatoms. The van der Waals surface area contributed by atoms with E-state index in [4.69, 9.17) is 0 Å². The van der Waals surface area contributed by atoms with Crippen LogP contribution in [-0.4, -0.2) is 33.3 Å². The molecule has 2 aromatic rings. The molecular formula is C19H24N4O2S2. The van der Waals surface area contributed by atoms with E-state index in [1.54, 1.807) is 4.90 Å². The lowest BCUT2D eigenvalue weighted by Crippen LogP contribution is -2.32. The highest BCUT2D eigenvalue weighted by Gasteiger charge is 2.35. The van der Waals surface area contributed by atoms with Crippen LogP contribution in [0.15, 0.2) is 22.5 Å². The number of carbonyl (C=O) groups is 2. The summed E-state index contributed by atoms with van der Waals surface area (Å²) < 4.78 is 0.697. The highest BCUT2D eigenvalue weighted by Crippen LogP contribution is 2.37. The van der Waals surface area contributed by atoms with Gasteiger partial charge in [0.1, 0.15) is 0 Å². The minimum Gasteiger partial charge on any atom is -0.325 e. The molecular weight excluding hydrogens is 380 g/mol. The standard InChI is InChI=1S/C19H24N4O2S2/c1-5-16(24)23(14-8-9-14)18-21-22-19(27-18)26-13(4)17(25)20-15-10-11(2)6-7-12(15)3/h6-7,10,13-14H,5,8-9H2,1-4H3,(H,20,25)/t13-/m0/s1. The number of nitrogens with zero attached hydrogens (tertiary/aromatic N) is 3. The Hall–Kier alpha value is -1.93. The van der Waals surface area contributed by atoms with Crippen LogP contribution < -0.4 is 10.2 Å². The predicted molar refractivity (Wildman–Crippen MR) is 111 cm³/mol. The van der Waals surface area contributed by atoms with Crippen LogP contribution in [-0.2, 0) is 9.59 Å². The van der Waals surface area contributed by atoms with Crippen LogP contribution >= 0.6 is 23.1 Å². The number of nitrogens with one attached hydrogen (secondary N) is 1. The Labute approximate surface area is 167 Å². The number of hydrogen-bond donors (Lipinski definition) is 1. The van der Waals surface area contributed by atoms with Gasteiger partial charge in [0.05, 0.1) is 5.25 Å². The lowest BCUT2D eigenvalue weighted by molar-refractivity contribution is -0.118. The van der Waals surface area contributed by atoms with Crippen molar-refractivity contribution in [2.24, 2.45) is 0 Å². The molecule has 1 fully saturated rings. The third kappa shape index (κ3) is 4.87. The van der Waals surface area contributed by atoms with Crippen molar-refractivity contribution in [3.63, 3.8) is 0 Å². The van der Waals surface area contributed by atoms with E-state index in [0.29, 0.717) is 15.9 Å². The summed E-state index contributed by atoms with van der Waals surface area (Å²) in [5.41, 5.74) is 2.96. The molecule has 0 saturated heterocycles. The maximum Gasteiger partial charge on any atom is 0.237 e. The average Bonchev–Trinajstić information content (AvgIpc) is 3.37. The predicted octanol–water partition coefficient (Wildman–Crippen LogP) is 4.18. The quantitative estimate of drug-likeness (QED) is 0.553. The number of amides is 2. The highest BCUT2D eigenvalue weighted by molar-refractivity contribution is 8.02. The zero-order valence-electron chi connectivity index (χ0n) is 16.0. The minimum absolute atomic E-state index is 0.0749. The monoisotopic (exact) mass is 404 g/mol. The average molecular weight is 405 g/mol. The molecule has 0 unspecified atom stereocenters. The van der Waals surface area contributed by atoms with Gasteiger partial charge in [-0.2, -0.15) is 0 Å².